The minimum atomic E-state index is -4.95. The summed E-state index contributed by atoms with van der Waals surface area (Å²) in [6.45, 7) is -0.154. The normalized spacial score (nSPS) is 18.1. The lowest BCUT2D eigenvalue weighted by atomic mass is 9.92. The van der Waals surface area contributed by atoms with Crippen molar-refractivity contribution in [3.05, 3.63) is 75.7 Å². The van der Waals surface area contributed by atoms with Gasteiger partial charge in [0.05, 0.1) is 33.4 Å². The summed E-state index contributed by atoms with van der Waals surface area (Å²) in [6, 6.07) is 9.97. The summed E-state index contributed by atoms with van der Waals surface area (Å²) >= 11 is 12.2. The fourth-order valence-corrected chi connectivity index (χ4v) is 4.32. The van der Waals surface area contributed by atoms with Gasteiger partial charge in [0, 0.05) is 11.8 Å². The van der Waals surface area contributed by atoms with Crippen LogP contribution >= 0.6 is 23.2 Å². The number of carbonyl (C=O) groups is 1. The molecule has 0 spiro atoms. The van der Waals surface area contributed by atoms with Crippen molar-refractivity contribution >= 4 is 29.1 Å². The third-order valence-electron chi connectivity index (χ3n) is 5.86. The van der Waals surface area contributed by atoms with Crippen LogP contribution < -0.4 is 10.1 Å². The summed E-state index contributed by atoms with van der Waals surface area (Å²) in [4.78, 5) is 20.9. The van der Waals surface area contributed by atoms with Crippen molar-refractivity contribution in [2.24, 2.45) is 0 Å². The van der Waals surface area contributed by atoms with Crippen LogP contribution in [0.1, 0.15) is 47.4 Å². The molecule has 1 amide bonds. The van der Waals surface area contributed by atoms with Gasteiger partial charge >= 0.3 is 6.18 Å². The molecule has 0 saturated heterocycles. The van der Waals surface area contributed by atoms with Crippen molar-refractivity contribution in [3.63, 3.8) is 0 Å². The van der Waals surface area contributed by atoms with Gasteiger partial charge in [0.25, 0.3) is 5.91 Å². The Kier molecular flexibility index (Phi) is 8.02. The molecule has 0 bridgehead atoms. The number of benzene rings is 1. The zero-order chi connectivity index (χ0) is 25.9. The number of rotatable bonds is 6. The molecule has 0 radical (unpaired) electrons. The first kappa shape index (κ1) is 26.2. The van der Waals surface area contributed by atoms with E-state index in [9.17, 15) is 23.1 Å². The highest BCUT2D eigenvalue weighted by Crippen LogP contribution is 2.39. The van der Waals surface area contributed by atoms with E-state index in [1.165, 1.54) is 18.3 Å². The number of ether oxygens (including phenoxy) is 1. The number of alkyl halides is 3. The van der Waals surface area contributed by atoms with E-state index < -0.39 is 35.5 Å². The summed E-state index contributed by atoms with van der Waals surface area (Å²) in [6.07, 6.45) is -1.79. The minimum Gasteiger partial charge on any atom is -0.471 e. The number of hydrogen-bond acceptors (Lipinski definition) is 5. The largest absolute Gasteiger partial charge is 0.471 e. The molecule has 0 aliphatic heterocycles. The van der Waals surface area contributed by atoms with Crippen molar-refractivity contribution in [1.29, 1.82) is 0 Å². The topological polar surface area (TPSA) is 84.3 Å². The van der Waals surface area contributed by atoms with E-state index >= 15 is 0 Å². The molecule has 190 valence electrons. The van der Waals surface area contributed by atoms with E-state index in [0.29, 0.717) is 24.1 Å². The zero-order valence-electron chi connectivity index (χ0n) is 18.9. The molecule has 1 aliphatic carbocycles. The van der Waals surface area contributed by atoms with Crippen molar-refractivity contribution in [3.8, 4) is 17.0 Å². The van der Waals surface area contributed by atoms with Crippen LogP contribution in [0.25, 0.3) is 11.1 Å². The number of carbonyl (C=O) groups excluding carboxylic acids is 1. The van der Waals surface area contributed by atoms with Crippen LogP contribution in [0.3, 0.4) is 0 Å². The third kappa shape index (κ3) is 6.08. The van der Waals surface area contributed by atoms with Gasteiger partial charge in [-0.25, -0.2) is 4.98 Å². The molecule has 2 N–H and O–H groups in total. The van der Waals surface area contributed by atoms with Gasteiger partial charge < -0.3 is 15.2 Å². The van der Waals surface area contributed by atoms with Gasteiger partial charge in [0.2, 0.25) is 5.88 Å². The molecule has 4 rings (SSSR count). The maximum Gasteiger partial charge on any atom is 0.434 e. The van der Waals surface area contributed by atoms with Gasteiger partial charge in [0.1, 0.15) is 6.61 Å². The van der Waals surface area contributed by atoms with Gasteiger partial charge in [0.15, 0.2) is 5.69 Å². The Bertz CT molecular complexity index is 1240. The second kappa shape index (κ2) is 11.0. The number of aliphatic hydroxyl groups is 1. The van der Waals surface area contributed by atoms with E-state index in [0.717, 1.165) is 18.9 Å². The highest BCUT2D eigenvalue weighted by molar-refractivity contribution is 6.42. The van der Waals surface area contributed by atoms with E-state index in [1.54, 1.807) is 24.3 Å². The van der Waals surface area contributed by atoms with Crippen molar-refractivity contribution in [2.45, 2.75) is 50.6 Å². The first-order valence-corrected chi connectivity index (χ1v) is 12.0. The van der Waals surface area contributed by atoms with E-state index in [1.807, 2.05) is 0 Å². The molecule has 3 aromatic rings. The average Bonchev–Trinajstić information content (AvgIpc) is 2.85. The molecule has 1 saturated carbocycles. The number of aromatic nitrogens is 2. The standard InChI is InChI=1S/C25H22Cl2F3N3O3/c26-18-9-8-14(11-19(18)27)16-12-17(23(35)32-20-6-1-2-7-21(20)34)22(25(28,29)30)33-24(16)36-13-15-5-3-4-10-31-15/h3-5,8-12,20-21,34H,1-2,6-7,13H2,(H,32,35)/t20-,21-/m1/s1. The minimum absolute atomic E-state index is 0.117. The van der Waals surface area contributed by atoms with Gasteiger partial charge in [-0.3, -0.25) is 9.78 Å². The average molecular weight is 540 g/mol. The monoisotopic (exact) mass is 539 g/mol. The van der Waals surface area contributed by atoms with Crippen molar-refractivity contribution in [2.75, 3.05) is 0 Å². The maximum absolute atomic E-state index is 14.1. The second-order valence-electron chi connectivity index (χ2n) is 8.41. The molecule has 1 fully saturated rings. The molecule has 1 aliphatic rings. The van der Waals surface area contributed by atoms with Crippen LogP contribution in [0.4, 0.5) is 13.2 Å². The zero-order valence-corrected chi connectivity index (χ0v) is 20.4. The number of nitrogens with one attached hydrogen (secondary N) is 1. The molecule has 2 aromatic heterocycles. The summed E-state index contributed by atoms with van der Waals surface area (Å²) in [5.74, 6) is -1.33. The Morgan fingerprint density at radius 2 is 1.89 bits per heavy atom. The SMILES string of the molecule is O=C(N[C@@H]1CCCC[C@H]1O)c1cc(-c2ccc(Cl)c(Cl)c2)c(OCc2ccccn2)nc1C(F)(F)F. The number of halogens is 5. The molecule has 2 atom stereocenters. The molecule has 0 unspecified atom stereocenters. The predicted octanol–water partition coefficient (Wildman–Crippen LogP) is 6.08. The van der Waals surface area contributed by atoms with Crippen LogP contribution in [0, 0.1) is 0 Å². The van der Waals surface area contributed by atoms with Gasteiger partial charge in [-0.05, 0) is 48.7 Å². The number of aliphatic hydroxyl groups excluding tert-OH is 1. The van der Waals surface area contributed by atoms with E-state index in [4.69, 9.17) is 27.9 Å². The Morgan fingerprint density at radius 3 is 2.56 bits per heavy atom. The summed E-state index contributed by atoms with van der Waals surface area (Å²) in [7, 11) is 0. The van der Waals surface area contributed by atoms with Crippen LogP contribution in [0.5, 0.6) is 5.88 Å². The van der Waals surface area contributed by atoms with Crippen molar-refractivity contribution in [1.82, 2.24) is 15.3 Å². The van der Waals surface area contributed by atoms with Crippen LogP contribution in [0.2, 0.25) is 10.0 Å². The Hall–Kier alpha value is -2.88. The smallest absolute Gasteiger partial charge is 0.434 e. The van der Waals surface area contributed by atoms with Crippen LogP contribution in [0.15, 0.2) is 48.7 Å². The Balaban J connectivity index is 1.79. The highest BCUT2D eigenvalue weighted by atomic mass is 35.5. The summed E-state index contributed by atoms with van der Waals surface area (Å²) in [5, 5.41) is 13.2. The highest BCUT2D eigenvalue weighted by Gasteiger charge is 2.39. The molecular weight excluding hydrogens is 518 g/mol. The van der Waals surface area contributed by atoms with Gasteiger partial charge in [-0.15, -0.1) is 0 Å². The molecular formula is C25H22Cl2F3N3O3. The number of pyridine rings is 2. The number of amides is 1. The lowest BCUT2D eigenvalue weighted by Gasteiger charge is -2.28. The van der Waals surface area contributed by atoms with Crippen LogP contribution in [-0.2, 0) is 12.8 Å². The quantitative estimate of drug-likeness (QED) is 0.396. The van der Waals surface area contributed by atoms with Gasteiger partial charge in [-0.2, -0.15) is 13.2 Å². The van der Waals surface area contributed by atoms with Crippen LogP contribution in [-0.4, -0.2) is 33.1 Å². The lowest BCUT2D eigenvalue weighted by molar-refractivity contribution is -0.141. The predicted molar refractivity (Wildman–Crippen MR) is 129 cm³/mol. The number of hydrogen-bond donors (Lipinski definition) is 2. The first-order chi connectivity index (χ1) is 17.1. The third-order valence-corrected chi connectivity index (χ3v) is 6.60. The maximum atomic E-state index is 14.1. The molecule has 2 heterocycles. The van der Waals surface area contributed by atoms with Gasteiger partial charge in [-0.1, -0.05) is 48.2 Å². The first-order valence-electron chi connectivity index (χ1n) is 11.2. The fourth-order valence-electron chi connectivity index (χ4n) is 4.02. The lowest BCUT2D eigenvalue weighted by Crippen LogP contribution is -2.45. The summed E-state index contributed by atoms with van der Waals surface area (Å²) in [5.41, 5.74) is -1.14. The van der Waals surface area contributed by atoms with E-state index in [-0.39, 0.29) is 28.1 Å². The molecule has 36 heavy (non-hydrogen) atoms. The Morgan fingerprint density at radius 1 is 1.11 bits per heavy atom. The Labute approximate surface area is 215 Å². The van der Waals surface area contributed by atoms with Crippen molar-refractivity contribution < 1.29 is 27.8 Å². The fraction of sp³-hybridized carbons (Fsp3) is 0.320. The molecule has 6 nitrogen and oxygen atoms in total. The van der Waals surface area contributed by atoms with E-state index in [2.05, 4.69) is 15.3 Å². The molecule has 11 heteroatoms. The molecule has 1 aromatic carbocycles. The second-order valence-corrected chi connectivity index (χ2v) is 9.22. The number of nitrogens with zero attached hydrogens (tertiary/aromatic N) is 2. The summed E-state index contributed by atoms with van der Waals surface area (Å²) < 4.78 is 47.8.